The predicted octanol–water partition coefficient (Wildman–Crippen LogP) is 2.41. The van der Waals surface area contributed by atoms with Crippen LogP contribution in [-0.2, 0) is 19.2 Å². The lowest BCUT2D eigenvalue weighted by Crippen LogP contribution is -2.24. The lowest BCUT2D eigenvalue weighted by Gasteiger charge is -2.05. The van der Waals surface area contributed by atoms with Crippen molar-refractivity contribution in [1.82, 2.24) is 10.6 Å². The maximum atomic E-state index is 10.9. The molecule has 1 aromatic carbocycles. The second kappa shape index (κ2) is 17.9. The number of benzene rings is 1. The van der Waals surface area contributed by atoms with Crippen LogP contribution >= 0.6 is 24.4 Å². The second-order valence-electron chi connectivity index (χ2n) is 6.10. The van der Waals surface area contributed by atoms with E-state index in [9.17, 15) is 29.4 Å². The molecule has 0 bridgehead atoms. The summed E-state index contributed by atoms with van der Waals surface area (Å²) in [6.07, 6.45) is 6.05. The van der Waals surface area contributed by atoms with Gasteiger partial charge < -0.3 is 20.8 Å². The van der Waals surface area contributed by atoms with Crippen LogP contribution in [0, 0.1) is 0 Å². The fourth-order valence-electron chi connectivity index (χ4n) is 1.85. The molecule has 1 aliphatic rings. The molecule has 1 aromatic rings. The minimum absolute atomic E-state index is 0.0146. The molecular weight excluding hydrogens is 452 g/mol. The number of phenols is 2. The molecule has 0 saturated carbocycles. The quantitative estimate of drug-likeness (QED) is 0.126. The van der Waals surface area contributed by atoms with E-state index in [1.807, 2.05) is 6.92 Å². The largest absolute Gasteiger partial charge is 0.508 e. The Morgan fingerprint density at radius 2 is 1.41 bits per heavy atom. The standard InChI is InChI=1S/C11H15NO3S.C6H4O2.C5H11NOS/c1-2-11(15)12-5-6-16-10-7-8(13)3-4-9(10)14;7-5-1-2-6(8)4-3-5;1-2-5(7)6-3-4-8/h3-4,7,13-14H,2,5-6H2,1H3,(H,12,15);1-4H;8H,2-4H2,1H3,(H,6,7). The number of rotatable bonds is 8. The Balaban J connectivity index is 0.000000504. The summed E-state index contributed by atoms with van der Waals surface area (Å²) in [5.41, 5.74) is 0. The lowest BCUT2D eigenvalue weighted by molar-refractivity contribution is -0.121. The topological polar surface area (TPSA) is 133 Å². The van der Waals surface area contributed by atoms with Gasteiger partial charge in [0.2, 0.25) is 11.8 Å². The number of carbonyl (C=O) groups is 4. The van der Waals surface area contributed by atoms with E-state index in [1.54, 1.807) is 6.92 Å². The van der Waals surface area contributed by atoms with Gasteiger partial charge in [-0.05, 0) is 42.5 Å². The van der Waals surface area contributed by atoms with Gasteiger partial charge in [-0.3, -0.25) is 19.2 Å². The Hall–Kier alpha value is -2.72. The number of ketones is 2. The Bertz CT molecular complexity index is 787. The monoisotopic (exact) mass is 482 g/mol. The summed E-state index contributed by atoms with van der Waals surface area (Å²) >= 11 is 5.31. The second-order valence-corrected chi connectivity index (χ2v) is 7.69. The highest BCUT2D eigenvalue weighted by atomic mass is 32.2. The van der Waals surface area contributed by atoms with Crippen LogP contribution in [0.25, 0.3) is 0 Å². The van der Waals surface area contributed by atoms with E-state index < -0.39 is 0 Å². The number of amides is 2. The molecule has 0 atom stereocenters. The summed E-state index contributed by atoms with van der Waals surface area (Å²) < 4.78 is 0. The fourth-order valence-corrected chi connectivity index (χ4v) is 2.81. The predicted molar refractivity (Wildman–Crippen MR) is 129 cm³/mol. The third kappa shape index (κ3) is 15.1. The fraction of sp³-hybridized carbons (Fsp3) is 0.364. The van der Waals surface area contributed by atoms with Crippen molar-refractivity contribution in [2.45, 2.75) is 31.6 Å². The molecule has 0 spiro atoms. The number of carbonyl (C=O) groups excluding carboxylic acids is 4. The number of aromatic hydroxyl groups is 2. The van der Waals surface area contributed by atoms with Crippen molar-refractivity contribution in [3.63, 3.8) is 0 Å². The van der Waals surface area contributed by atoms with Crippen LogP contribution in [-0.4, -0.2) is 58.2 Å². The molecular formula is C22H30N2O6S2. The third-order valence-corrected chi connectivity index (χ3v) is 4.79. The Labute approximate surface area is 198 Å². The van der Waals surface area contributed by atoms with Crippen LogP contribution < -0.4 is 10.6 Å². The van der Waals surface area contributed by atoms with Crippen LogP contribution in [0.15, 0.2) is 47.4 Å². The first kappa shape index (κ1) is 29.3. The summed E-state index contributed by atoms with van der Waals surface area (Å²) in [6.45, 7) is 4.85. The molecule has 2 amide bonds. The first-order chi connectivity index (χ1) is 15.2. The number of hydrogen-bond acceptors (Lipinski definition) is 8. The zero-order chi connectivity index (χ0) is 24.4. The number of allylic oxidation sites excluding steroid dienone is 4. The molecule has 32 heavy (non-hydrogen) atoms. The maximum absolute atomic E-state index is 10.9. The van der Waals surface area contributed by atoms with Crippen LogP contribution in [0.4, 0.5) is 0 Å². The van der Waals surface area contributed by atoms with Crippen molar-refractivity contribution in [3.8, 4) is 11.5 Å². The minimum Gasteiger partial charge on any atom is -0.508 e. The van der Waals surface area contributed by atoms with Gasteiger partial charge in [-0.15, -0.1) is 11.8 Å². The van der Waals surface area contributed by atoms with E-state index in [4.69, 9.17) is 0 Å². The van der Waals surface area contributed by atoms with E-state index in [0.717, 1.165) is 0 Å². The van der Waals surface area contributed by atoms with Gasteiger partial charge in [0, 0.05) is 37.4 Å². The summed E-state index contributed by atoms with van der Waals surface area (Å²) in [6, 6.07) is 4.38. The molecule has 4 N–H and O–H groups in total. The Morgan fingerprint density at radius 1 is 0.906 bits per heavy atom. The average Bonchev–Trinajstić information content (AvgIpc) is 2.79. The van der Waals surface area contributed by atoms with E-state index in [2.05, 4.69) is 23.3 Å². The number of nitrogens with one attached hydrogen (secondary N) is 2. The molecule has 0 fully saturated rings. The molecule has 2 rings (SSSR count). The number of thioether (sulfide) groups is 1. The molecule has 0 unspecified atom stereocenters. The van der Waals surface area contributed by atoms with Gasteiger partial charge in [0.15, 0.2) is 11.6 Å². The first-order valence-corrected chi connectivity index (χ1v) is 11.6. The number of thiol groups is 1. The van der Waals surface area contributed by atoms with Crippen molar-refractivity contribution in [3.05, 3.63) is 42.5 Å². The van der Waals surface area contributed by atoms with Gasteiger partial charge >= 0.3 is 0 Å². The van der Waals surface area contributed by atoms with Crippen molar-refractivity contribution >= 4 is 47.8 Å². The zero-order valence-electron chi connectivity index (χ0n) is 18.2. The Morgan fingerprint density at radius 3 is 1.88 bits per heavy atom. The zero-order valence-corrected chi connectivity index (χ0v) is 19.9. The van der Waals surface area contributed by atoms with E-state index in [1.165, 1.54) is 54.3 Å². The van der Waals surface area contributed by atoms with Gasteiger partial charge in [-0.2, -0.15) is 12.6 Å². The molecule has 0 saturated heterocycles. The highest BCUT2D eigenvalue weighted by Crippen LogP contribution is 2.31. The molecule has 8 nitrogen and oxygen atoms in total. The highest BCUT2D eigenvalue weighted by Gasteiger charge is 2.03. The molecule has 0 radical (unpaired) electrons. The van der Waals surface area contributed by atoms with Crippen molar-refractivity contribution in [1.29, 1.82) is 0 Å². The normalized spacial score (nSPS) is 11.6. The molecule has 176 valence electrons. The molecule has 0 aromatic heterocycles. The van der Waals surface area contributed by atoms with Gasteiger partial charge in [-0.1, -0.05) is 13.8 Å². The number of hydrogen-bond donors (Lipinski definition) is 5. The maximum Gasteiger partial charge on any atom is 0.219 e. The van der Waals surface area contributed by atoms with Crippen molar-refractivity contribution < 1.29 is 29.4 Å². The SMILES string of the molecule is CCC(=O)NCCS.CCC(=O)NCCSc1cc(O)ccc1O.O=C1C=CC(=O)C=C1. The Kier molecular flexibility index (Phi) is 16.4. The number of phenolic OH excluding ortho intramolecular Hbond substituents is 2. The molecule has 1 aliphatic carbocycles. The lowest BCUT2D eigenvalue weighted by atomic mass is 10.2. The van der Waals surface area contributed by atoms with Crippen molar-refractivity contribution in [2.75, 3.05) is 24.6 Å². The van der Waals surface area contributed by atoms with Crippen LogP contribution in [0.5, 0.6) is 11.5 Å². The first-order valence-electron chi connectivity index (χ1n) is 9.96. The highest BCUT2D eigenvalue weighted by molar-refractivity contribution is 7.99. The summed E-state index contributed by atoms with van der Waals surface area (Å²) in [5, 5.41) is 24.1. The van der Waals surface area contributed by atoms with Gasteiger partial charge in [0.05, 0.1) is 4.90 Å². The minimum atomic E-state index is -0.121. The molecule has 10 heteroatoms. The summed E-state index contributed by atoms with van der Waals surface area (Å²) in [5.74, 6) is 1.51. The van der Waals surface area contributed by atoms with Gasteiger partial charge in [0.1, 0.15) is 11.5 Å². The van der Waals surface area contributed by atoms with Crippen LogP contribution in [0.2, 0.25) is 0 Å². The van der Waals surface area contributed by atoms with Crippen molar-refractivity contribution in [2.24, 2.45) is 0 Å². The smallest absolute Gasteiger partial charge is 0.219 e. The van der Waals surface area contributed by atoms with Gasteiger partial charge in [0.25, 0.3) is 0 Å². The van der Waals surface area contributed by atoms with E-state index in [0.29, 0.717) is 42.3 Å². The molecule has 0 heterocycles. The van der Waals surface area contributed by atoms with Crippen LogP contribution in [0.1, 0.15) is 26.7 Å². The van der Waals surface area contributed by atoms with E-state index >= 15 is 0 Å². The molecule has 0 aliphatic heterocycles. The average molecular weight is 483 g/mol. The van der Waals surface area contributed by atoms with Gasteiger partial charge in [-0.25, -0.2) is 0 Å². The van der Waals surface area contributed by atoms with E-state index in [-0.39, 0.29) is 34.9 Å². The summed E-state index contributed by atoms with van der Waals surface area (Å²) in [7, 11) is 0. The van der Waals surface area contributed by atoms with Crippen LogP contribution in [0.3, 0.4) is 0 Å². The summed E-state index contributed by atoms with van der Waals surface area (Å²) in [4.78, 5) is 42.5. The third-order valence-electron chi connectivity index (χ3n) is 3.53.